The van der Waals surface area contributed by atoms with E-state index in [1.165, 1.54) is 24.5 Å². The number of nitrogens with one attached hydrogen (secondary N) is 1. The Morgan fingerprint density at radius 3 is 2.75 bits per heavy atom. The molecule has 1 saturated carbocycles. The number of aliphatic carboxylic acids is 1. The fourth-order valence-corrected chi connectivity index (χ4v) is 3.39. The summed E-state index contributed by atoms with van der Waals surface area (Å²) in [5.74, 6) is -0.550. The Morgan fingerprint density at radius 1 is 1.45 bits per heavy atom. The van der Waals surface area contributed by atoms with Gasteiger partial charge in [-0.2, -0.15) is 0 Å². The summed E-state index contributed by atoms with van der Waals surface area (Å²) >= 11 is 0. The van der Waals surface area contributed by atoms with Gasteiger partial charge in [-0.1, -0.05) is 6.92 Å². The second kappa shape index (κ2) is 5.72. The zero-order chi connectivity index (χ0) is 14.8. The topological polar surface area (TPSA) is 96.4 Å². The van der Waals surface area contributed by atoms with Gasteiger partial charge in [0.2, 0.25) is 10.0 Å². The number of sulfonamides is 1. The number of carbonyl (C=O) groups is 1. The van der Waals surface area contributed by atoms with Crippen molar-refractivity contribution in [2.24, 2.45) is 5.92 Å². The van der Waals surface area contributed by atoms with Gasteiger partial charge in [-0.3, -0.25) is 4.98 Å². The van der Waals surface area contributed by atoms with Crippen molar-refractivity contribution in [3.05, 3.63) is 30.1 Å². The molecule has 6 nitrogen and oxygen atoms in total. The second-order valence-electron chi connectivity index (χ2n) is 5.02. The third-order valence-corrected chi connectivity index (χ3v) is 4.65. The van der Waals surface area contributed by atoms with Crippen LogP contribution in [0.2, 0.25) is 0 Å². The summed E-state index contributed by atoms with van der Waals surface area (Å²) in [6.07, 6.45) is 6.58. The molecule has 7 heteroatoms. The Labute approximate surface area is 117 Å². The molecule has 0 aromatic carbocycles. The van der Waals surface area contributed by atoms with Crippen LogP contribution < -0.4 is 4.72 Å². The minimum Gasteiger partial charge on any atom is -0.478 e. The molecule has 0 atom stereocenters. The summed E-state index contributed by atoms with van der Waals surface area (Å²) in [7, 11) is -3.60. The number of rotatable bonds is 5. The van der Waals surface area contributed by atoms with Crippen molar-refractivity contribution >= 4 is 22.1 Å². The van der Waals surface area contributed by atoms with Gasteiger partial charge in [0, 0.05) is 24.5 Å². The van der Waals surface area contributed by atoms with Crippen molar-refractivity contribution in [3.63, 3.8) is 0 Å². The molecule has 0 saturated heterocycles. The van der Waals surface area contributed by atoms with Crippen LogP contribution in [0, 0.1) is 5.92 Å². The van der Waals surface area contributed by atoms with E-state index in [4.69, 9.17) is 5.11 Å². The van der Waals surface area contributed by atoms with Crippen LogP contribution in [0.5, 0.6) is 0 Å². The third-order valence-electron chi connectivity index (χ3n) is 3.16. The maximum atomic E-state index is 12.1. The molecule has 0 unspecified atom stereocenters. The highest BCUT2D eigenvalue weighted by Crippen LogP contribution is 2.27. The third kappa shape index (κ3) is 3.64. The molecule has 1 fully saturated rings. The van der Waals surface area contributed by atoms with Crippen molar-refractivity contribution < 1.29 is 18.3 Å². The van der Waals surface area contributed by atoms with Gasteiger partial charge < -0.3 is 5.11 Å². The number of nitrogens with zero attached hydrogens (tertiary/aromatic N) is 1. The first-order valence-electron chi connectivity index (χ1n) is 6.25. The van der Waals surface area contributed by atoms with Crippen LogP contribution in [-0.2, 0) is 14.8 Å². The Bertz CT molecular complexity index is 634. The van der Waals surface area contributed by atoms with E-state index in [9.17, 15) is 13.2 Å². The quantitative estimate of drug-likeness (QED) is 0.797. The number of hydrogen-bond donors (Lipinski definition) is 2. The molecule has 0 aliphatic heterocycles. The molecular formula is C13H16N2O4S. The molecule has 0 bridgehead atoms. The average Bonchev–Trinajstić information content (AvgIpc) is 2.35. The maximum Gasteiger partial charge on any atom is 0.328 e. The van der Waals surface area contributed by atoms with Crippen LogP contribution in [0.4, 0.5) is 0 Å². The minimum atomic E-state index is -3.60. The van der Waals surface area contributed by atoms with Gasteiger partial charge in [-0.25, -0.2) is 17.9 Å². The molecule has 0 radical (unpaired) electrons. The fourth-order valence-electron chi connectivity index (χ4n) is 2.13. The van der Waals surface area contributed by atoms with Crippen molar-refractivity contribution in [1.29, 1.82) is 0 Å². The van der Waals surface area contributed by atoms with Gasteiger partial charge in [0.15, 0.2) is 0 Å². The summed E-state index contributed by atoms with van der Waals surface area (Å²) in [6.45, 7) is 2.07. The maximum absolute atomic E-state index is 12.1. The molecule has 1 aliphatic rings. The molecule has 2 N–H and O–H groups in total. The fraction of sp³-hybridized carbons (Fsp3) is 0.385. The molecule has 0 amide bonds. The number of aromatic nitrogens is 1. The number of carboxylic acids is 1. The van der Waals surface area contributed by atoms with Crippen molar-refractivity contribution in [2.45, 2.75) is 30.7 Å². The van der Waals surface area contributed by atoms with Crippen LogP contribution in [0.25, 0.3) is 6.08 Å². The predicted octanol–water partition coefficient (Wildman–Crippen LogP) is 1.26. The van der Waals surface area contributed by atoms with E-state index in [2.05, 4.69) is 16.6 Å². The summed E-state index contributed by atoms with van der Waals surface area (Å²) in [4.78, 5) is 14.3. The lowest BCUT2D eigenvalue weighted by Gasteiger charge is -2.32. The SMILES string of the molecule is CC1CC(NS(=O)(=O)c2cncc(/C=C/C(=O)O)c2)C1. The first kappa shape index (κ1) is 14.7. The largest absolute Gasteiger partial charge is 0.478 e. The van der Waals surface area contributed by atoms with Gasteiger partial charge in [0.25, 0.3) is 0 Å². The number of hydrogen-bond acceptors (Lipinski definition) is 4. The molecule has 2 rings (SSSR count). The Morgan fingerprint density at radius 2 is 2.15 bits per heavy atom. The van der Waals surface area contributed by atoms with Gasteiger partial charge >= 0.3 is 5.97 Å². The van der Waals surface area contributed by atoms with Gasteiger partial charge in [0.05, 0.1) is 0 Å². The van der Waals surface area contributed by atoms with E-state index < -0.39 is 16.0 Å². The lowest BCUT2D eigenvalue weighted by molar-refractivity contribution is -0.131. The summed E-state index contributed by atoms with van der Waals surface area (Å²) in [6, 6.07) is 1.38. The molecule has 1 heterocycles. The highest BCUT2D eigenvalue weighted by atomic mass is 32.2. The molecule has 20 heavy (non-hydrogen) atoms. The Balaban J connectivity index is 2.15. The molecule has 1 aromatic heterocycles. The van der Waals surface area contributed by atoms with Crippen LogP contribution in [0.3, 0.4) is 0 Å². The predicted molar refractivity (Wildman–Crippen MR) is 73.4 cm³/mol. The van der Waals surface area contributed by atoms with E-state index in [1.807, 2.05) is 0 Å². The highest BCUT2D eigenvalue weighted by Gasteiger charge is 2.29. The van der Waals surface area contributed by atoms with E-state index >= 15 is 0 Å². The van der Waals surface area contributed by atoms with E-state index in [1.54, 1.807) is 0 Å². The average molecular weight is 296 g/mol. The van der Waals surface area contributed by atoms with Gasteiger partial charge in [-0.05, 0) is 36.5 Å². The lowest BCUT2D eigenvalue weighted by Crippen LogP contribution is -2.43. The van der Waals surface area contributed by atoms with Crippen LogP contribution in [0.1, 0.15) is 25.3 Å². The van der Waals surface area contributed by atoms with Crippen molar-refractivity contribution in [3.8, 4) is 0 Å². The zero-order valence-electron chi connectivity index (χ0n) is 11.0. The number of carboxylic acid groups (broad SMARTS) is 1. The summed E-state index contributed by atoms with van der Waals surface area (Å²) < 4.78 is 26.9. The van der Waals surface area contributed by atoms with Gasteiger partial charge in [-0.15, -0.1) is 0 Å². The van der Waals surface area contributed by atoms with E-state index in [0.717, 1.165) is 18.9 Å². The number of pyridine rings is 1. The molecule has 1 aliphatic carbocycles. The summed E-state index contributed by atoms with van der Waals surface area (Å²) in [5, 5.41) is 8.55. The Kier molecular flexibility index (Phi) is 4.20. The van der Waals surface area contributed by atoms with Crippen LogP contribution in [0.15, 0.2) is 29.4 Å². The second-order valence-corrected chi connectivity index (χ2v) is 6.73. The summed E-state index contributed by atoms with van der Waals surface area (Å²) in [5.41, 5.74) is 0.428. The van der Waals surface area contributed by atoms with Crippen molar-refractivity contribution in [1.82, 2.24) is 9.71 Å². The first-order valence-corrected chi connectivity index (χ1v) is 7.73. The standard InChI is InChI=1S/C13H16N2O4S/c1-9-4-11(5-9)15-20(18,19)12-6-10(7-14-8-12)2-3-13(16)17/h2-3,6-9,11,15H,4-5H2,1H3,(H,16,17)/b3-2+. The zero-order valence-corrected chi connectivity index (χ0v) is 11.8. The molecule has 108 valence electrons. The lowest BCUT2D eigenvalue weighted by atomic mass is 9.83. The van der Waals surface area contributed by atoms with E-state index in [0.29, 0.717) is 11.5 Å². The molecule has 1 aromatic rings. The normalized spacial score (nSPS) is 22.6. The van der Waals surface area contributed by atoms with E-state index in [-0.39, 0.29) is 10.9 Å². The molecular weight excluding hydrogens is 280 g/mol. The Hall–Kier alpha value is -1.73. The van der Waals surface area contributed by atoms with Crippen LogP contribution >= 0.6 is 0 Å². The van der Waals surface area contributed by atoms with Crippen LogP contribution in [-0.4, -0.2) is 30.5 Å². The van der Waals surface area contributed by atoms with Gasteiger partial charge in [0.1, 0.15) is 4.90 Å². The minimum absolute atomic E-state index is 0.0202. The van der Waals surface area contributed by atoms with Crippen molar-refractivity contribution in [2.75, 3.05) is 0 Å². The smallest absolute Gasteiger partial charge is 0.328 e. The first-order chi connectivity index (χ1) is 9.37. The monoisotopic (exact) mass is 296 g/mol. The molecule has 0 spiro atoms. The highest BCUT2D eigenvalue weighted by molar-refractivity contribution is 7.89.